The summed E-state index contributed by atoms with van der Waals surface area (Å²) in [5.74, 6) is -0.562. The summed E-state index contributed by atoms with van der Waals surface area (Å²) >= 11 is 5.49. The van der Waals surface area contributed by atoms with Crippen LogP contribution < -0.4 is 10.2 Å². The van der Waals surface area contributed by atoms with Crippen molar-refractivity contribution >= 4 is 28.2 Å². The minimum atomic E-state index is -0.466. The van der Waals surface area contributed by atoms with E-state index >= 15 is 0 Å². The molecule has 8 heteroatoms. The zero-order valence-electron chi connectivity index (χ0n) is 15.7. The van der Waals surface area contributed by atoms with Crippen molar-refractivity contribution in [1.82, 2.24) is 4.90 Å². The maximum absolute atomic E-state index is 12.9. The first-order valence-corrected chi connectivity index (χ1v) is 9.46. The number of fused-ring (bicyclic) bond motifs is 1. The van der Waals surface area contributed by atoms with E-state index in [1.54, 1.807) is 17.0 Å². The van der Waals surface area contributed by atoms with Gasteiger partial charge in [-0.05, 0) is 0 Å². The Morgan fingerprint density at radius 3 is 2.48 bits per heavy atom. The second kappa shape index (κ2) is 7.73. The van der Waals surface area contributed by atoms with Gasteiger partial charge in [0.25, 0.3) is 0 Å². The number of benzene rings is 2. The van der Waals surface area contributed by atoms with E-state index in [1.165, 1.54) is 13.2 Å². The van der Waals surface area contributed by atoms with Crippen LogP contribution in [0, 0.1) is 0 Å². The number of morpholine rings is 1. The Labute approximate surface area is 171 Å². The normalized spacial score (nSPS) is 14.2. The molecule has 1 saturated heterocycles. The van der Waals surface area contributed by atoms with E-state index < -0.39 is 11.2 Å². The number of rotatable bonds is 3. The first-order chi connectivity index (χ1) is 14.0. The Morgan fingerprint density at radius 2 is 1.83 bits per heavy atom. The molecule has 0 spiro atoms. The zero-order valence-corrected chi connectivity index (χ0v) is 16.5. The summed E-state index contributed by atoms with van der Waals surface area (Å²) in [5.41, 5.74) is 0.153. The molecule has 0 amide bonds. The van der Waals surface area contributed by atoms with Gasteiger partial charge >= 0.3 is 0 Å². The van der Waals surface area contributed by atoms with Crippen molar-refractivity contribution in [2.24, 2.45) is 0 Å². The molecule has 2 heterocycles. The highest BCUT2D eigenvalue weighted by Crippen LogP contribution is 2.45. The van der Waals surface area contributed by atoms with Gasteiger partial charge < -0.3 is 29.0 Å². The van der Waals surface area contributed by atoms with Crippen molar-refractivity contribution in [3.05, 3.63) is 52.2 Å². The van der Waals surface area contributed by atoms with Crippen LogP contribution in [0.15, 0.2) is 45.6 Å². The number of hydrogen-bond donors (Lipinski definition) is 2. The van der Waals surface area contributed by atoms with Crippen LogP contribution in [-0.2, 0) is 4.74 Å². The molecule has 0 radical (unpaired) electrons. The topological polar surface area (TPSA) is 92.4 Å². The van der Waals surface area contributed by atoms with Crippen LogP contribution in [0.2, 0.25) is 0 Å². The van der Waals surface area contributed by atoms with Crippen molar-refractivity contribution in [3.63, 3.8) is 0 Å². The van der Waals surface area contributed by atoms with E-state index in [0.29, 0.717) is 37.6 Å². The predicted octanol–water partition coefficient (Wildman–Crippen LogP) is 2.89. The zero-order chi connectivity index (χ0) is 20.5. The van der Waals surface area contributed by atoms with Gasteiger partial charge in [-0.3, -0.25) is 4.79 Å². The van der Waals surface area contributed by atoms with Crippen LogP contribution in [0.4, 0.5) is 0 Å². The van der Waals surface area contributed by atoms with Crippen LogP contribution in [0.25, 0.3) is 22.3 Å². The summed E-state index contributed by atoms with van der Waals surface area (Å²) in [6.45, 7) is 1.99. The van der Waals surface area contributed by atoms with Gasteiger partial charge in [-0.1, -0.05) is 42.5 Å². The minimum Gasteiger partial charge on any atom is -0.506 e. The summed E-state index contributed by atoms with van der Waals surface area (Å²) in [5, 5.41) is 21.6. The van der Waals surface area contributed by atoms with Gasteiger partial charge in [0.2, 0.25) is 5.75 Å². The smallest absolute Gasteiger partial charge is 0.205 e. The SMILES string of the molecule is COc1c(O)c(C(=S)N2CCOCC2)c(O)c2c(=O)cc(-c3ccccc3)oc12. The minimum absolute atomic E-state index is 0.0222. The molecular formula is C21H19NO6S. The largest absolute Gasteiger partial charge is 0.506 e. The second-order valence-electron chi connectivity index (χ2n) is 6.56. The summed E-state index contributed by atoms with van der Waals surface area (Å²) in [7, 11) is 1.35. The fourth-order valence-electron chi connectivity index (χ4n) is 3.40. The molecule has 0 aliphatic carbocycles. The quantitative estimate of drug-likeness (QED) is 0.634. The lowest BCUT2D eigenvalue weighted by Gasteiger charge is -2.30. The lowest BCUT2D eigenvalue weighted by Crippen LogP contribution is -2.40. The van der Waals surface area contributed by atoms with E-state index in [2.05, 4.69) is 0 Å². The molecule has 0 atom stereocenters. The number of thiocarbonyl (C=S) groups is 1. The first kappa shape index (κ1) is 19.2. The third-order valence-electron chi connectivity index (χ3n) is 4.85. The number of methoxy groups -OCH3 is 1. The lowest BCUT2D eigenvalue weighted by molar-refractivity contribution is 0.0691. The van der Waals surface area contributed by atoms with E-state index in [0.717, 1.165) is 0 Å². The van der Waals surface area contributed by atoms with Crippen molar-refractivity contribution in [1.29, 1.82) is 0 Å². The number of phenolic OH excluding ortho intramolecular Hbond substituents is 2. The molecule has 7 nitrogen and oxygen atoms in total. The summed E-state index contributed by atoms with van der Waals surface area (Å²) < 4.78 is 16.5. The summed E-state index contributed by atoms with van der Waals surface area (Å²) in [4.78, 5) is 14.9. The molecular weight excluding hydrogens is 394 g/mol. The molecule has 150 valence electrons. The van der Waals surface area contributed by atoms with Crippen molar-refractivity contribution in [3.8, 4) is 28.6 Å². The Bertz CT molecular complexity index is 1140. The van der Waals surface area contributed by atoms with Gasteiger partial charge in [0.15, 0.2) is 16.8 Å². The number of nitrogens with zero attached hydrogens (tertiary/aromatic N) is 1. The molecule has 2 aromatic carbocycles. The van der Waals surface area contributed by atoms with Gasteiger partial charge in [0.05, 0.1) is 25.9 Å². The Kier molecular flexibility index (Phi) is 5.12. The molecule has 0 saturated carbocycles. The van der Waals surface area contributed by atoms with Crippen LogP contribution in [0.5, 0.6) is 17.2 Å². The third kappa shape index (κ3) is 3.30. The van der Waals surface area contributed by atoms with E-state index in [9.17, 15) is 15.0 Å². The molecule has 4 rings (SSSR count). The van der Waals surface area contributed by atoms with Crippen molar-refractivity contribution < 1.29 is 24.1 Å². The standard InChI is InChI=1S/C21H19NO6S/c1-26-20-18(25)16(21(29)22-7-9-27-10-8-22)17(24)15-13(23)11-14(28-19(15)20)12-5-3-2-4-6-12/h2-6,11,24-25H,7-10H2,1H3. The van der Waals surface area contributed by atoms with Gasteiger partial charge in [-0.25, -0.2) is 0 Å². The molecule has 1 aromatic heterocycles. The second-order valence-corrected chi connectivity index (χ2v) is 6.94. The lowest BCUT2D eigenvalue weighted by atomic mass is 10.0. The molecule has 1 aliphatic rings. The fourth-order valence-corrected chi connectivity index (χ4v) is 3.77. The highest BCUT2D eigenvalue weighted by atomic mass is 32.1. The Hall–Kier alpha value is -3.10. The number of hydrogen-bond acceptors (Lipinski definition) is 7. The van der Waals surface area contributed by atoms with Crippen LogP contribution in [-0.4, -0.2) is 53.5 Å². The molecule has 2 N–H and O–H groups in total. The van der Waals surface area contributed by atoms with Crippen molar-refractivity contribution in [2.75, 3.05) is 33.4 Å². The van der Waals surface area contributed by atoms with Crippen LogP contribution in [0.1, 0.15) is 5.56 Å². The van der Waals surface area contributed by atoms with Gasteiger partial charge in [0, 0.05) is 24.7 Å². The molecule has 1 aliphatic heterocycles. The highest BCUT2D eigenvalue weighted by molar-refractivity contribution is 7.80. The monoisotopic (exact) mass is 413 g/mol. The third-order valence-corrected chi connectivity index (χ3v) is 5.32. The molecule has 3 aromatic rings. The van der Waals surface area contributed by atoms with Crippen LogP contribution >= 0.6 is 12.2 Å². The summed E-state index contributed by atoms with van der Waals surface area (Å²) in [6, 6.07) is 10.4. The van der Waals surface area contributed by atoms with Gasteiger partial charge in [0.1, 0.15) is 21.9 Å². The van der Waals surface area contributed by atoms with E-state index in [-0.39, 0.29) is 33.0 Å². The molecule has 29 heavy (non-hydrogen) atoms. The number of aromatic hydroxyl groups is 2. The summed E-state index contributed by atoms with van der Waals surface area (Å²) in [6.07, 6.45) is 0. The number of phenols is 2. The van der Waals surface area contributed by atoms with Crippen molar-refractivity contribution in [2.45, 2.75) is 0 Å². The average molecular weight is 413 g/mol. The first-order valence-electron chi connectivity index (χ1n) is 9.05. The maximum Gasteiger partial charge on any atom is 0.205 e. The molecule has 0 bridgehead atoms. The van der Waals surface area contributed by atoms with Gasteiger partial charge in [-0.15, -0.1) is 0 Å². The predicted molar refractivity (Wildman–Crippen MR) is 112 cm³/mol. The molecule has 1 fully saturated rings. The Balaban J connectivity index is 1.95. The maximum atomic E-state index is 12.9. The van der Waals surface area contributed by atoms with Crippen LogP contribution in [0.3, 0.4) is 0 Å². The van der Waals surface area contributed by atoms with E-state index in [4.69, 9.17) is 26.1 Å². The number of ether oxygens (including phenoxy) is 2. The fraction of sp³-hybridized carbons (Fsp3) is 0.238. The molecule has 0 unspecified atom stereocenters. The van der Waals surface area contributed by atoms with Gasteiger partial charge in [-0.2, -0.15) is 0 Å². The average Bonchev–Trinajstić information content (AvgIpc) is 2.74. The highest BCUT2D eigenvalue weighted by Gasteiger charge is 2.29. The van der Waals surface area contributed by atoms with E-state index in [1.807, 2.05) is 18.2 Å². The Morgan fingerprint density at radius 1 is 1.14 bits per heavy atom.